The Morgan fingerprint density at radius 2 is 2.00 bits per heavy atom. The Balaban J connectivity index is 1.72. The van der Waals surface area contributed by atoms with Gasteiger partial charge in [-0.1, -0.05) is 13.8 Å². The Bertz CT molecular complexity index is 614. The van der Waals surface area contributed by atoms with Crippen molar-refractivity contribution in [2.75, 3.05) is 25.0 Å². The molecule has 1 saturated heterocycles. The van der Waals surface area contributed by atoms with E-state index in [-0.39, 0.29) is 0 Å². The van der Waals surface area contributed by atoms with Crippen molar-refractivity contribution in [1.82, 2.24) is 24.6 Å². The molecule has 1 aliphatic rings. The molecule has 1 N–H and O–H groups in total. The van der Waals surface area contributed by atoms with Crippen LogP contribution in [0.2, 0.25) is 0 Å². The lowest BCUT2D eigenvalue weighted by Gasteiger charge is -2.29. The quantitative estimate of drug-likeness (QED) is 0.887. The topological polar surface area (TPSA) is 58.9 Å². The lowest BCUT2D eigenvalue weighted by molar-refractivity contribution is 0.222. The van der Waals surface area contributed by atoms with E-state index >= 15 is 0 Å². The third-order valence-corrected chi connectivity index (χ3v) is 4.44. The third-order valence-electron chi connectivity index (χ3n) is 4.44. The van der Waals surface area contributed by atoms with Crippen LogP contribution in [0.1, 0.15) is 33.1 Å². The summed E-state index contributed by atoms with van der Waals surface area (Å²) in [6.45, 7) is 7.98. The van der Waals surface area contributed by atoms with Crippen LogP contribution in [-0.4, -0.2) is 50.3 Å². The van der Waals surface area contributed by atoms with Gasteiger partial charge in [-0.15, -0.1) is 0 Å². The van der Waals surface area contributed by atoms with Crippen molar-refractivity contribution in [2.45, 2.75) is 39.2 Å². The number of hydrogen-bond donors (Lipinski definition) is 1. The van der Waals surface area contributed by atoms with Gasteiger partial charge in [-0.2, -0.15) is 5.10 Å². The highest BCUT2D eigenvalue weighted by molar-refractivity contribution is 5.85. The Morgan fingerprint density at radius 1 is 1.23 bits per heavy atom. The van der Waals surface area contributed by atoms with E-state index in [9.17, 15) is 0 Å². The van der Waals surface area contributed by atoms with E-state index in [0.717, 1.165) is 23.4 Å². The van der Waals surface area contributed by atoms with Crippen LogP contribution in [-0.2, 0) is 7.05 Å². The maximum atomic E-state index is 4.40. The van der Waals surface area contributed by atoms with Crippen molar-refractivity contribution < 1.29 is 0 Å². The number of likely N-dealkylation sites (tertiary alicyclic amines) is 1. The second-order valence-corrected chi connectivity index (χ2v) is 6.64. The molecule has 2 aromatic rings. The minimum absolute atomic E-state index is 0.573. The SMILES string of the molecule is CC(C)C[C@@H](CNc1ncnc2c1cnn2C)N1CCCC1. The summed E-state index contributed by atoms with van der Waals surface area (Å²) in [5.74, 6) is 1.60. The zero-order chi connectivity index (χ0) is 15.5. The van der Waals surface area contributed by atoms with Gasteiger partial charge in [0.15, 0.2) is 5.65 Å². The lowest BCUT2D eigenvalue weighted by Crippen LogP contribution is -2.39. The Hall–Kier alpha value is -1.69. The first-order valence-electron chi connectivity index (χ1n) is 8.25. The van der Waals surface area contributed by atoms with Gasteiger partial charge in [-0.25, -0.2) is 9.97 Å². The number of hydrogen-bond acceptors (Lipinski definition) is 5. The average molecular weight is 302 g/mol. The summed E-state index contributed by atoms with van der Waals surface area (Å²) >= 11 is 0. The molecule has 0 saturated carbocycles. The maximum Gasteiger partial charge on any atom is 0.163 e. The highest BCUT2D eigenvalue weighted by Gasteiger charge is 2.23. The molecule has 0 aliphatic carbocycles. The molecule has 1 fully saturated rings. The number of fused-ring (bicyclic) bond motifs is 1. The van der Waals surface area contributed by atoms with Crippen LogP contribution >= 0.6 is 0 Å². The largest absolute Gasteiger partial charge is 0.368 e. The van der Waals surface area contributed by atoms with E-state index in [1.54, 1.807) is 11.0 Å². The molecule has 0 radical (unpaired) electrons. The first-order chi connectivity index (χ1) is 10.6. The summed E-state index contributed by atoms with van der Waals surface area (Å²) in [6, 6.07) is 0.573. The molecule has 6 nitrogen and oxygen atoms in total. The van der Waals surface area contributed by atoms with Gasteiger partial charge in [0.25, 0.3) is 0 Å². The molecule has 22 heavy (non-hydrogen) atoms. The molecule has 1 aliphatic heterocycles. The average Bonchev–Trinajstić information content (AvgIpc) is 3.14. The van der Waals surface area contributed by atoms with E-state index in [1.165, 1.54) is 32.4 Å². The second-order valence-electron chi connectivity index (χ2n) is 6.64. The molecule has 120 valence electrons. The Labute approximate surface area is 131 Å². The van der Waals surface area contributed by atoms with E-state index in [2.05, 4.69) is 39.1 Å². The molecule has 0 aromatic carbocycles. The van der Waals surface area contributed by atoms with Gasteiger partial charge in [0.05, 0.1) is 11.6 Å². The van der Waals surface area contributed by atoms with Crippen molar-refractivity contribution in [3.05, 3.63) is 12.5 Å². The van der Waals surface area contributed by atoms with Gasteiger partial charge in [-0.3, -0.25) is 9.58 Å². The fourth-order valence-electron chi connectivity index (χ4n) is 3.33. The summed E-state index contributed by atoms with van der Waals surface area (Å²) in [6.07, 6.45) is 7.32. The first-order valence-corrected chi connectivity index (χ1v) is 8.25. The molecule has 1 atom stereocenters. The maximum absolute atomic E-state index is 4.40. The fourth-order valence-corrected chi connectivity index (χ4v) is 3.33. The summed E-state index contributed by atoms with van der Waals surface area (Å²) in [5, 5.41) is 8.81. The molecule has 3 rings (SSSR count). The monoisotopic (exact) mass is 302 g/mol. The minimum atomic E-state index is 0.573. The van der Waals surface area contributed by atoms with Crippen molar-refractivity contribution >= 4 is 16.9 Å². The van der Waals surface area contributed by atoms with Crippen LogP contribution in [0.3, 0.4) is 0 Å². The summed E-state index contributed by atoms with van der Waals surface area (Å²) in [5.41, 5.74) is 0.874. The van der Waals surface area contributed by atoms with Gasteiger partial charge >= 0.3 is 0 Å². The van der Waals surface area contributed by atoms with Crippen LogP contribution in [0.5, 0.6) is 0 Å². The molecular formula is C16H26N6. The third kappa shape index (κ3) is 3.21. The van der Waals surface area contributed by atoms with Crippen LogP contribution in [0.25, 0.3) is 11.0 Å². The second kappa shape index (κ2) is 6.60. The van der Waals surface area contributed by atoms with Crippen molar-refractivity contribution in [3.8, 4) is 0 Å². The first kappa shape index (κ1) is 15.2. The van der Waals surface area contributed by atoms with Gasteiger partial charge in [0, 0.05) is 19.6 Å². The number of anilines is 1. The van der Waals surface area contributed by atoms with Crippen molar-refractivity contribution in [1.29, 1.82) is 0 Å². The number of rotatable bonds is 6. The predicted molar refractivity (Wildman–Crippen MR) is 88.8 cm³/mol. The van der Waals surface area contributed by atoms with Gasteiger partial charge in [0.2, 0.25) is 0 Å². The highest BCUT2D eigenvalue weighted by Crippen LogP contribution is 2.21. The van der Waals surface area contributed by atoms with E-state index in [1.807, 2.05) is 13.2 Å². The van der Waals surface area contributed by atoms with Crippen molar-refractivity contribution in [3.63, 3.8) is 0 Å². The molecule has 0 unspecified atom stereocenters. The van der Waals surface area contributed by atoms with Crippen LogP contribution in [0, 0.1) is 5.92 Å². The van der Waals surface area contributed by atoms with Gasteiger partial charge in [0.1, 0.15) is 12.1 Å². The standard InChI is InChI=1S/C16H26N6/c1-12(2)8-13(22-6-4-5-7-22)9-17-15-14-10-20-21(3)16(14)19-11-18-15/h10-13H,4-9H2,1-3H3,(H,17,18,19)/t13-/m0/s1. The summed E-state index contributed by atoms with van der Waals surface area (Å²) in [4.78, 5) is 11.3. The predicted octanol–water partition coefficient (Wildman–Crippen LogP) is 2.29. The lowest BCUT2D eigenvalue weighted by atomic mass is 10.0. The van der Waals surface area contributed by atoms with Gasteiger partial charge in [-0.05, 0) is 38.3 Å². The Morgan fingerprint density at radius 3 is 2.73 bits per heavy atom. The summed E-state index contributed by atoms with van der Waals surface area (Å²) in [7, 11) is 1.91. The normalized spacial score (nSPS) is 17.5. The zero-order valence-corrected chi connectivity index (χ0v) is 13.8. The molecule has 0 amide bonds. The van der Waals surface area contributed by atoms with Crippen molar-refractivity contribution in [2.24, 2.45) is 13.0 Å². The number of aryl methyl sites for hydroxylation is 1. The summed E-state index contributed by atoms with van der Waals surface area (Å²) < 4.78 is 1.79. The molecule has 0 spiro atoms. The minimum Gasteiger partial charge on any atom is -0.368 e. The fraction of sp³-hybridized carbons (Fsp3) is 0.688. The number of aromatic nitrogens is 4. The highest BCUT2D eigenvalue weighted by atomic mass is 15.3. The number of nitrogens with zero attached hydrogens (tertiary/aromatic N) is 5. The van der Waals surface area contributed by atoms with Crippen LogP contribution in [0.15, 0.2) is 12.5 Å². The Kier molecular flexibility index (Phi) is 4.57. The van der Waals surface area contributed by atoms with E-state index < -0.39 is 0 Å². The van der Waals surface area contributed by atoms with Gasteiger partial charge < -0.3 is 5.32 Å². The van der Waals surface area contributed by atoms with E-state index in [4.69, 9.17) is 0 Å². The molecule has 0 bridgehead atoms. The molecule has 3 heterocycles. The van der Waals surface area contributed by atoms with Crippen LogP contribution < -0.4 is 5.32 Å². The smallest absolute Gasteiger partial charge is 0.163 e. The number of nitrogens with one attached hydrogen (secondary N) is 1. The molecular weight excluding hydrogens is 276 g/mol. The zero-order valence-electron chi connectivity index (χ0n) is 13.8. The molecule has 6 heteroatoms. The van der Waals surface area contributed by atoms with Crippen LogP contribution in [0.4, 0.5) is 5.82 Å². The molecule has 2 aromatic heterocycles. The van der Waals surface area contributed by atoms with E-state index in [0.29, 0.717) is 12.0 Å².